The van der Waals surface area contributed by atoms with E-state index >= 15 is 0 Å². The standard InChI is InChI=1S/C55H38N4/c1-4-10-39(11-5-1)40-16-23-47(24-17-40)58(48-25-18-41(19-26-48)43-32-35-56-36-33-43)49-27-20-42(21-28-49)44-22-30-54-52(38-44)50-29-31-53-51(34-37-57(53)45-12-6-2-7-13-45)55(50)59(54)46-14-8-3-9-15-46/h1-38H. The molecule has 4 nitrogen and oxygen atoms in total. The lowest BCUT2D eigenvalue weighted by Gasteiger charge is -2.26. The highest BCUT2D eigenvalue weighted by atomic mass is 15.1. The summed E-state index contributed by atoms with van der Waals surface area (Å²) in [5, 5.41) is 3.69. The number of para-hydroxylation sites is 2. The molecule has 11 rings (SSSR count). The Kier molecular flexibility index (Phi) is 8.45. The van der Waals surface area contributed by atoms with Crippen molar-refractivity contribution in [2.75, 3.05) is 4.90 Å². The molecule has 0 radical (unpaired) electrons. The Balaban J connectivity index is 1.00. The van der Waals surface area contributed by atoms with E-state index in [0.717, 1.165) is 39.6 Å². The van der Waals surface area contributed by atoms with Gasteiger partial charge in [0.15, 0.2) is 0 Å². The Hall–Kier alpha value is -7.95. The second-order valence-corrected chi connectivity index (χ2v) is 14.9. The van der Waals surface area contributed by atoms with Gasteiger partial charge in [0.2, 0.25) is 0 Å². The summed E-state index contributed by atoms with van der Waals surface area (Å²) in [5.41, 5.74) is 16.2. The van der Waals surface area contributed by atoms with Crippen LogP contribution in [0.3, 0.4) is 0 Å². The van der Waals surface area contributed by atoms with Crippen LogP contribution in [-0.2, 0) is 0 Å². The van der Waals surface area contributed by atoms with Gasteiger partial charge in [0.1, 0.15) is 0 Å². The monoisotopic (exact) mass is 754 g/mol. The lowest BCUT2D eigenvalue weighted by atomic mass is 10.0. The van der Waals surface area contributed by atoms with Crippen molar-refractivity contribution in [2.45, 2.75) is 0 Å². The first kappa shape index (κ1) is 34.3. The topological polar surface area (TPSA) is 26.0 Å². The SMILES string of the molecule is c1ccc(-c2ccc(N(c3ccc(-c4ccncc4)cc3)c3ccc(-c4ccc5c(c4)c4ccc6c(ccn6-c6ccccc6)c4n5-c4ccccc4)cc3)cc2)cc1. The molecule has 59 heavy (non-hydrogen) atoms. The maximum absolute atomic E-state index is 4.21. The van der Waals surface area contributed by atoms with E-state index < -0.39 is 0 Å². The fourth-order valence-electron chi connectivity index (χ4n) is 8.60. The van der Waals surface area contributed by atoms with Gasteiger partial charge >= 0.3 is 0 Å². The highest BCUT2D eigenvalue weighted by Crippen LogP contribution is 2.41. The van der Waals surface area contributed by atoms with Crippen molar-refractivity contribution in [1.82, 2.24) is 14.1 Å². The largest absolute Gasteiger partial charge is 0.316 e. The highest BCUT2D eigenvalue weighted by Gasteiger charge is 2.19. The van der Waals surface area contributed by atoms with Gasteiger partial charge in [-0.25, -0.2) is 0 Å². The van der Waals surface area contributed by atoms with E-state index in [1.54, 1.807) is 0 Å². The Morgan fingerprint density at radius 3 is 1.41 bits per heavy atom. The summed E-state index contributed by atoms with van der Waals surface area (Å²) >= 11 is 0. The molecule has 0 saturated carbocycles. The molecule has 0 atom stereocenters. The van der Waals surface area contributed by atoms with Gasteiger partial charge in [0, 0.05) is 63.2 Å². The molecule has 0 aliphatic carbocycles. The molecular formula is C55H38N4. The lowest BCUT2D eigenvalue weighted by molar-refractivity contribution is 1.13. The normalized spacial score (nSPS) is 11.4. The summed E-state index contributed by atoms with van der Waals surface area (Å²) in [7, 11) is 0. The lowest BCUT2D eigenvalue weighted by Crippen LogP contribution is -2.09. The van der Waals surface area contributed by atoms with Crippen molar-refractivity contribution in [3.05, 3.63) is 231 Å². The van der Waals surface area contributed by atoms with Crippen LogP contribution >= 0.6 is 0 Å². The number of benzene rings is 8. The van der Waals surface area contributed by atoms with Gasteiger partial charge < -0.3 is 14.0 Å². The average molecular weight is 755 g/mol. The zero-order valence-electron chi connectivity index (χ0n) is 32.2. The van der Waals surface area contributed by atoms with E-state index in [4.69, 9.17) is 0 Å². The second-order valence-electron chi connectivity index (χ2n) is 14.9. The Labute approximate surface area is 343 Å². The number of aromatic nitrogens is 3. The number of hydrogen-bond donors (Lipinski definition) is 0. The summed E-state index contributed by atoms with van der Waals surface area (Å²) in [6.45, 7) is 0. The molecule has 0 N–H and O–H groups in total. The zero-order valence-corrected chi connectivity index (χ0v) is 32.2. The van der Waals surface area contributed by atoms with Gasteiger partial charge in [-0.05, 0) is 130 Å². The smallest absolute Gasteiger partial charge is 0.0635 e. The number of rotatable bonds is 8. The Bertz CT molecular complexity index is 3120. The average Bonchev–Trinajstić information content (AvgIpc) is 3.90. The molecule has 0 saturated heterocycles. The summed E-state index contributed by atoms with van der Waals surface area (Å²) in [4.78, 5) is 6.54. The van der Waals surface area contributed by atoms with Crippen LogP contribution in [0.5, 0.6) is 0 Å². The quantitative estimate of drug-likeness (QED) is 0.154. The molecular weight excluding hydrogens is 717 g/mol. The first-order valence-corrected chi connectivity index (χ1v) is 20.0. The maximum Gasteiger partial charge on any atom is 0.0635 e. The first-order chi connectivity index (χ1) is 29.3. The molecule has 0 fully saturated rings. The van der Waals surface area contributed by atoms with Crippen molar-refractivity contribution in [1.29, 1.82) is 0 Å². The zero-order chi connectivity index (χ0) is 39.1. The van der Waals surface area contributed by atoms with Crippen molar-refractivity contribution >= 4 is 49.8 Å². The molecule has 0 aliphatic rings. The summed E-state index contributed by atoms with van der Waals surface area (Å²) < 4.78 is 4.71. The van der Waals surface area contributed by atoms with Gasteiger partial charge in [-0.2, -0.15) is 0 Å². The van der Waals surface area contributed by atoms with Crippen LogP contribution in [0.15, 0.2) is 231 Å². The van der Waals surface area contributed by atoms with E-state index in [-0.39, 0.29) is 0 Å². The fraction of sp³-hybridized carbons (Fsp3) is 0. The molecule has 4 heteroatoms. The third-order valence-electron chi connectivity index (χ3n) is 11.5. The molecule has 0 bridgehead atoms. The van der Waals surface area contributed by atoms with Gasteiger partial charge in [-0.3, -0.25) is 4.98 Å². The van der Waals surface area contributed by atoms with Crippen LogP contribution in [0.4, 0.5) is 17.1 Å². The summed E-state index contributed by atoms with van der Waals surface area (Å²) in [5.74, 6) is 0. The van der Waals surface area contributed by atoms with Crippen LogP contribution in [0, 0.1) is 0 Å². The minimum absolute atomic E-state index is 1.09. The third kappa shape index (κ3) is 6.15. The molecule has 3 aromatic heterocycles. The predicted molar refractivity (Wildman–Crippen MR) is 246 cm³/mol. The fourth-order valence-corrected chi connectivity index (χ4v) is 8.60. The van der Waals surface area contributed by atoms with Gasteiger partial charge in [-0.15, -0.1) is 0 Å². The summed E-state index contributed by atoms with van der Waals surface area (Å²) in [6, 6.07) is 76.3. The van der Waals surface area contributed by atoms with E-state index in [9.17, 15) is 0 Å². The molecule has 11 aromatic rings. The van der Waals surface area contributed by atoms with Crippen LogP contribution in [-0.4, -0.2) is 14.1 Å². The van der Waals surface area contributed by atoms with Gasteiger partial charge in [0.05, 0.1) is 16.6 Å². The number of anilines is 3. The predicted octanol–water partition coefficient (Wildman–Crippen LogP) is 14.6. The summed E-state index contributed by atoms with van der Waals surface area (Å²) in [6.07, 6.45) is 5.87. The molecule has 8 aromatic carbocycles. The van der Waals surface area contributed by atoms with E-state index in [0.29, 0.717) is 0 Å². The number of hydrogen-bond acceptors (Lipinski definition) is 2. The van der Waals surface area contributed by atoms with Gasteiger partial charge in [-0.1, -0.05) is 115 Å². The molecule has 0 spiro atoms. The molecule has 0 amide bonds. The van der Waals surface area contributed by atoms with Crippen molar-refractivity contribution in [3.8, 4) is 44.8 Å². The number of pyridine rings is 1. The molecule has 0 unspecified atom stereocenters. The Morgan fingerprint density at radius 1 is 0.339 bits per heavy atom. The first-order valence-electron chi connectivity index (χ1n) is 20.0. The van der Waals surface area contributed by atoms with E-state index in [1.807, 2.05) is 24.5 Å². The number of fused-ring (bicyclic) bond motifs is 5. The molecule has 0 aliphatic heterocycles. The minimum atomic E-state index is 1.09. The van der Waals surface area contributed by atoms with Crippen LogP contribution in [0.2, 0.25) is 0 Å². The maximum atomic E-state index is 4.21. The van der Waals surface area contributed by atoms with Crippen molar-refractivity contribution in [2.24, 2.45) is 0 Å². The molecule has 3 heterocycles. The highest BCUT2D eigenvalue weighted by molar-refractivity contribution is 6.19. The van der Waals surface area contributed by atoms with Gasteiger partial charge in [0.25, 0.3) is 0 Å². The van der Waals surface area contributed by atoms with Crippen molar-refractivity contribution in [3.63, 3.8) is 0 Å². The van der Waals surface area contributed by atoms with Crippen molar-refractivity contribution < 1.29 is 0 Å². The van der Waals surface area contributed by atoms with Crippen LogP contribution < -0.4 is 4.90 Å². The van der Waals surface area contributed by atoms with Crippen LogP contribution in [0.25, 0.3) is 77.5 Å². The molecule has 278 valence electrons. The number of nitrogens with zero attached hydrogens (tertiary/aromatic N) is 4. The van der Waals surface area contributed by atoms with E-state index in [2.05, 4.69) is 225 Å². The third-order valence-corrected chi connectivity index (χ3v) is 11.5. The second kappa shape index (κ2) is 14.5. The Morgan fingerprint density at radius 2 is 0.814 bits per heavy atom. The van der Waals surface area contributed by atoms with Crippen LogP contribution in [0.1, 0.15) is 0 Å². The minimum Gasteiger partial charge on any atom is -0.316 e. The van der Waals surface area contributed by atoms with E-state index in [1.165, 1.54) is 55.0 Å².